The Morgan fingerprint density at radius 3 is 2.46 bits per heavy atom. The Balaban J connectivity index is 0.000000706. The molecule has 2 aliphatic heterocycles. The second-order valence-corrected chi connectivity index (χ2v) is 7.03. The Morgan fingerprint density at radius 1 is 1.14 bits per heavy atom. The van der Waals surface area contributed by atoms with Crippen LogP contribution in [0.4, 0.5) is 17.1 Å². The van der Waals surface area contributed by atoms with E-state index in [2.05, 4.69) is 20.9 Å². The summed E-state index contributed by atoms with van der Waals surface area (Å²) in [4.78, 5) is 23.2. The minimum absolute atomic E-state index is 0.0838. The SMILES string of the molecule is Cc1ccc(C(=O)Nc2ccc3c(c2)NC(CN2CCCC2)N3)cc1.O=CO. The first-order valence-electron chi connectivity index (χ1n) is 9.44. The average Bonchev–Trinajstić information content (AvgIpc) is 3.32. The predicted molar refractivity (Wildman–Crippen MR) is 111 cm³/mol. The van der Waals surface area contributed by atoms with E-state index in [-0.39, 0.29) is 18.5 Å². The molecular formula is C21H26N4O3. The number of amides is 1. The van der Waals surface area contributed by atoms with Gasteiger partial charge in [0.25, 0.3) is 12.4 Å². The molecule has 0 bridgehead atoms. The number of fused-ring (bicyclic) bond motifs is 1. The summed E-state index contributed by atoms with van der Waals surface area (Å²) in [6.07, 6.45) is 2.83. The molecule has 0 radical (unpaired) electrons. The van der Waals surface area contributed by atoms with Crippen molar-refractivity contribution in [1.29, 1.82) is 0 Å². The Bertz CT molecular complexity index is 817. The zero-order chi connectivity index (χ0) is 19.9. The van der Waals surface area contributed by atoms with E-state index < -0.39 is 0 Å². The maximum Gasteiger partial charge on any atom is 0.290 e. The summed E-state index contributed by atoms with van der Waals surface area (Å²) >= 11 is 0. The van der Waals surface area contributed by atoms with Crippen LogP contribution in [0, 0.1) is 6.92 Å². The third kappa shape index (κ3) is 5.01. The number of carbonyl (C=O) groups is 2. The van der Waals surface area contributed by atoms with Gasteiger partial charge in [-0.15, -0.1) is 0 Å². The van der Waals surface area contributed by atoms with Crippen LogP contribution in [0.5, 0.6) is 0 Å². The fourth-order valence-electron chi connectivity index (χ4n) is 3.50. The molecule has 7 heteroatoms. The zero-order valence-electron chi connectivity index (χ0n) is 15.9. The molecule has 28 heavy (non-hydrogen) atoms. The van der Waals surface area contributed by atoms with E-state index in [0.29, 0.717) is 5.56 Å². The van der Waals surface area contributed by atoms with Crippen LogP contribution in [0.25, 0.3) is 0 Å². The Labute approximate surface area is 164 Å². The van der Waals surface area contributed by atoms with Crippen LogP contribution in [0.2, 0.25) is 0 Å². The van der Waals surface area contributed by atoms with Gasteiger partial charge in [-0.1, -0.05) is 17.7 Å². The Hall–Kier alpha value is -3.06. The highest BCUT2D eigenvalue weighted by atomic mass is 16.3. The van der Waals surface area contributed by atoms with Crippen molar-refractivity contribution in [2.45, 2.75) is 25.9 Å². The van der Waals surface area contributed by atoms with Crippen molar-refractivity contribution in [2.24, 2.45) is 0 Å². The van der Waals surface area contributed by atoms with Crippen molar-refractivity contribution < 1.29 is 14.7 Å². The minimum atomic E-state index is -0.250. The van der Waals surface area contributed by atoms with Gasteiger partial charge in [0.2, 0.25) is 0 Å². The Morgan fingerprint density at radius 2 is 1.79 bits per heavy atom. The summed E-state index contributed by atoms with van der Waals surface area (Å²) in [5.74, 6) is -0.0838. The van der Waals surface area contributed by atoms with E-state index >= 15 is 0 Å². The van der Waals surface area contributed by atoms with Crippen molar-refractivity contribution in [3.8, 4) is 0 Å². The number of benzene rings is 2. The predicted octanol–water partition coefficient (Wildman–Crippen LogP) is 3.21. The topological polar surface area (TPSA) is 93.7 Å². The number of aryl methyl sites for hydroxylation is 1. The molecule has 7 nitrogen and oxygen atoms in total. The van der Waals surface area contributed by atoms with Crippen molar-refractivity contribution >= 4 is 29.4 Å². The third-order valence-electron chi connectivity index (χ3n) is 4.89. The van der Waals surface area contributed by atoms with E-state index in [9.17, 15) is 4.79 Å². The van der Waals surface area contributed by atoms with Crippen LogP contribution >= 0.6 is 0 Å². The normalized spacial score (nSPS) is 17.5. The fraction of sp³-hybridized carbons (Fsp3) is 0.333. The molecule has 0 aliphatic carbocycles. The molecule has 4 N–H and O–H groups in total. The number of hydrogen-bond donors (Lipinski definition) is 4. The first-order valence-corrected chi connectivity index (χ1v) is 9.44. The van der Waals surface area contributed by atoms with Gasteiger partial charge in [0.1, 0.15) is 6.17 Å². The number of carbonyl (C=O) groups excluding carboxylic acids is 1. The molecule has 1 atom stereocenters. The average molecular weight is 382 g/mol. The second-order valence-electron chi connectivity index (χ2n) is 7.03. The van der Waals surface area contributed by atoms with Crippen LogP contribution in [0.3, 0.4) is 0 Å². The largest absolute Gasteiger partial charge is 0.483 e. The van der Waals surface area contributed by atoms with Crippen LogP contribution in [0.15, 0.2) is 42.5 Å². The smallest absolute Gasteiger partial charge is 0.290 e. The molecule has 2 aromatic rings. The number of rotatable bonds is 4. The highest BCUT2D eigenvalue weighted by Gasteiger charge is 2.23. The quantitative estimate of drug-likeness (QED) is 0.607. The molecule has 2 heterocycles. The zero-order valence-corrected chi connectivity index (χ0v) is 15.9. The second kappa shape index (κ2) is 9.23. The highest BCUT2D eigenvalue weighted by Crippen LogP contribution is 2.32. The number of likely N-dealkylation sites (tertiary alicyclic amines) is 1. The lowest BCUT2D eigenvalue weighted by atomic mass is 10.1. The lowest BCUT2D eigenvalue weighted by Gasteiger charge is -2.20. The molecule has 1 amide bonds. The minimum Gasteiger partial charge on any atom is -0.483 e. The van der Waals surface area contributed by atoms with Gasteiger partial charge < -0.3 is 21.1 Å². The molecule has 2 aliphatic rings. The third-order valence-corrected chi connectivity index (χ3v) is 4.89. The number of nitrogens with zero attached hydrogens (tertiary/aromatic N) is 1. The van der Waals surface area contributed by atoms with Crippen molar-refractivity contribution in [3.05, 3.63) is 53.6 Å². The van der Waals surface area contributed by atoms with Gasteiger partial charge in [-0.2, -0.15) is 0 Å². The molecule has 4 rings (SSSR count). The molecule has 2 aromatic carbocycles. The summed E-state index contributed by atoms with van der Waals surface area (Å²) in [5.41, 5.74) is 4.77. The molecule has 1 unspecified atom stereocenters. The first-order chi connectivity index (χ1) is 13.6. The lowest BCUT2D eigenvalue weighted by molar-refractivity contribution is -0.122. The van der Waals surface area contributed by atoms with E-state index in [1.165, 1.54) is 25.9 Å². The van der Waals surface area contributed by atoms with Gasteiger partial charge >= 0.3 is 0 Å². The van der Waals surface area contributed by atoms with Gasteiger partial charge in [0, 0.05) is 17.8 Å². The van der Waals surface area contributed by atoms with E-state index in [0.717, 1.165) is 29.2 Å². The summed E-state index contributed by atoms with van der Waals surface area (Å²) in [6.45, 7) is 5.14. The van der Waals surface area contributed by atoms with Gasteiger partial charge in [-0.05, 0) is 63.2 Å². The summed E-state index contributed by atoms with van der Waals surface area (Å²) in [7, 11) is 0. The molecule has 0 saturated carbocycles. The van der Waals surface area contributed by atoms with Crippen LogP contribution in [-0.2, 0) is 4.79 Å². The standard InChI is InChI=1S/C20H24N4O.CH2O2/c1-14-4-6-15(7-5-14)20(25)21-16-8-9-17-18(12-16)23-19(22-17)13-24-10-2-3-11-24;2-1-3/h4-9,12,19,22-23H,2-3,10-11,13H2,1H3,(H,21,25);1H,(H,2,3). The van der Waals surface area contributed by atoms with E-state index in [1.807, 2.05) is 49.4 Å². The number of anilines is 3. The Kier molecular flexibility index (Phi) is 6.49. The number of hydrogen-bond acceptors (Lipinski definition) is 5. The molecule has 0 spiro atoms. The molecule has 1 fully saturated rings. The molecule has 0 aromatic heterocycles. The fourth-order valence-corrected chi connectivity index (χ4v) is 3.50. The van der Waals surface area contributed by atoms with Crippen molar-refractivity contribution in [1.82, 2.24) is 4.90 Å². The van der Waals surface area contributed by atoms with Crippen molar-refractivity contribution in [3.63, 3.8) is 0 Å². The van der Waals surface area contributed by atoms with Crippen LogP contribution in [-0.4, -0.2) is 48.2 Å². The number of nitrogens with one attached hydrogen (secondary N) is 3. The van der Waals surface area contributed by atoms with Gasteiger partial charge in [0.05, 0.1) is 11.4 Å². The summed E-state index contributed by atoms with van der Waals surface area (Å²) in [5, 5.41) is 16.9. The van der Waals surface area contributed by atoms with Crippen LogP contribution in [0.1, 0.15) is 28.8 Å². The number of carboxylic acid groups (broad SMARTS) is 1. The lowest BCUT2D eigenvalue weighted by Crippen LogP contribution is -2.37. The molecule has 148 valence electrons. The van der Waals surface area contributed by atoms with Crippen molar-refractivity contribution in [2.75, 3.05) is 35.6 Å². The van der Waals surface area contributed by atoms with Gasteiger partial charge in [0.15, 0.2) is 0 Å². The molecular weight excluding hydrogens is 356 g/mol. The van der Waals surface area contributed by atoms with Gasteiger partial charge in [-0.3, -0.25) is 14.5 Å². The highest BCUT2D eigenvalue weighted by molar-refractivity contribution is 6.04. The van der Waals surface area contributed by atoms with E-state index in [4.69, 9.17) is 9.90 Å². The van der Waals surface area contributed by atoms with Gasteiger partial charge in [-0.25, -0.2) is 0 Å². The molecule has 1 saturated heterocycles. The first kappa shape index (κ1) is 19.7. The summed E-state index contributed by atoms with van der Waals surface area (Å²) in [6, 6.07) is 13.6. The van der Waals surface area contributed by atoms with Crippen LogP contribution < -0.4 is 16.0 Å². The maximum atomic E-state index is 12.4. The summed E-state index contributed by atoms with van der Waals surface area (Å²) < 4.78 is 0. The van der Waals surface area contributed by atoms with E-state index in [1.54, 1.807) is 0 Å². The monoisotopic (exact) mass is 382 g/mol. The maximum absolute atomic E-state index is 12.4.